The molecule has 0 spiro atoms. The Bertz CT molecular complexity index is 307. The minimum absolute atomic E-state index is 0.891. The van der Waals surface area contributed by atoms with Gasteiger partial charge in [0.15, 0.2) is 0 Å². The highest BCUT2D eigenvalue weighted by atomic mass is 14.9. The van der Waals surface area contributed by atoms with Crippen LogP contribution in [-0.2, 0) is 6.42 Å². The van der Waals surface area contributed by atoms with Gasteiger partial charge in [-0.3, -0.25) is 0 Å². The van der Waals surface area contributed by atoms with E-state index >= 15 is 0 Å². The second-order valence-electron chi connectivity index (χ2n) is 4.74. The van der Waals surface area contributed by atoms with E-state index in [9.17, 15) is 0 Å². The van der Waals surface area contributed by atoms with E-state index in [1.807, 2.05) is 0 Å². The van der Waals surface area contributed by atoms with Gasteiger partial charge in [-0.2, -0.15) is 0 Å². The van der Waals surface area contributed by atoms with Crippen molar-refractivity contribution in [1.82, 2.24) is 5.32 Å². The second kappa shape index (κ2) is 3.39. The van der Waals surface area contributed by atoms with Gasteiger partial charge < -0.3 is 5.32 Å². The van der Waals surface area contributed by atoms with Crippen LogP contribution in [0.15, 0.2) is 24.3 Å². The van der Waals surface area contributed by atoms with Crippen LogP contribution in [0.5, 0.6) is 0 Å². The van der Waals surface area contributed by atoms with Gasteiger partial charge in [-0.15, -0.1) is 0 Å². The van der Waals surface area contributed by atoms with E-state index in [0.29, 0.717) is 0 Å². The van der Waals surface area contributed by atoms with Gasteiger partial charge in [-0.05, 0) is 55.3 Å². The molecule has 2 aliphatic rings. The van der Waals surface area contributed by atoms with Gasteiger partial charge in [0.2, 0.25) is 0 Å². The van der Waals surface area contributed by atoms with Crippen molar-refractivity contribution in [3.05, 3.63) is 35.4 Å². The maximum atomic E-state index is 3.32. The predicted octanol–water partition coefficient (Wildman–Crippen LogP) is 2.33. The number of hydrogen-bond donors (Lipinski definition) is 1. The number of rotatable bonds is 3. The van der Waals surface area contributed by atoms with Crippen LogP contribution in [0, 0.1) is 5.92 Å². The maximum Gasteiger partial charge on any atom is -0.000506 e. The summed E-state index contributed by atoms with van der Waals surface area (Å²) in [5.74, 6) is 1.79. The lowest BCUT2D eigenvalue weighted by atomic mass is 9.94. The fourth-order valence-electron chi connectivity index (χ4n) is 2.17. The Labute approximate surface area is 85.5 Å². The average molecular weight is 187 g/mol. The molecule has 1 aliphatic carbocycles. The molecule has 74 valence electrons. The van der Waals surface area contributed by atoms with Crippen LogP contribution in [-0.4, -0.2) is 13.1 Å². The summed E-state index contributed by atoms with van der Waals surface area (Å²) in [5, 5.41) is 3.32. The first-order valence-electron chi connectivity index (χ1n) is 5.71. The first kappa shape index (κ1) is 8.49. The Morgan fingerprint density at radius 1 is 1.07 bits per heavy atom. The summed E-state index contributed by atoms with van der Waals surface area (Å²) in [4.78, 5) is 0. The van der Waals surface area contributed by atoms with Crippen LogP contribution in [0.25, 0.3) is 0 Å². The molecule has 1 aromatic rings. The molecular formula is C13H17N. The summed E-state index contributed by atoms with van der Waals surface area (Å²) >= 11 is 0. The van der Waals surface area contributed by atoms with Crippen LogP contribution in [0.1, 0.15) is 29.9 Å². The van der Waals surface area contributed by atoms with Gasteiger partial charge in [0, 0.05) is 0 Å². The van der Waals surface area contributed by atoms with Crippen LogP contribution >= 0.6 is 0 Å². The number of hydrogen-bond acceptors (Lipinski definition) is 1. The molecule has 2 fully saturated rings. The van der Waals surface area contributed by atoms with Crippen molar-refractivity contribution in [2.75, 3.05) is 13.1 Å². The summed E-state index contributed by atoms with van der Waals surface area (Å²) in [6.07, 6.45) is 4.08. The standard InChI is InChI=1S/C13H17N/c1-3-12(13-5-6-13)4-2-10(1)7-11-8-14-9-11/h1-4,11,13-14H,5-9H2. The van der Waals surface area contributed by atoms with Crippen molar-refractivity contribution < 1.29 is 0 Å². The molecule has 0 atom stereocenters. The molecule has 1 saturated heterocycles. The lowest BCUT2D eigenvalue weighted by Gasteiger charge is -2.27. The van der Waals surface area contributed by atoms with E-state index < -0.39 is 0 Å². The molecule has 0 aromatic heterocycles. The summed E-state index contributed by atoms with van der Waals surface area (Å²) in [6.45, 7) is 2.43. The lowest BCUT2D eigenvalue weighted by Crippen LogP contribution is -2.43. The summed E-state index contributed by atoms with van der Waals surface area (Å²) in [6, 6.07) is 9.32. The molecule has 0 amide bonds. The zero-order valence-electron chi connectivity index (χ0n) is 8.50. The number of benzene rings is 1. The Balaban J connectivity index is 1.66. The van der Waals surface area contributed by atoms with Gasteiger partial charge in [0.05, 0.1) is 0 Å². The molecule has 1 aromatic carbocycles. The second-order valence-corrected chi connectivity index (χ2v) is 4.74. The third-order valence-corrected chi connectivity index (χ3v) is 3.42. The lowest BCUT2D eigenvalue weighted by molar-refractivity contribution is 0.346. The predicted molar refractivity (Wildman–Crippen MR) is 58.5 cm³/mol. The smallest absolute Gasteiger partial charge is 0.000506 e. The third kappa shape index (κ3) is 1.69. The highest BCUT2D eigenvalue weighted by molar-refractivity contribution is 5.28. The van der Waals surface area contributed by atoms with Crippen LogP contribution in [0.3, 0.4) is 0 Å². The molecule has 1 heterocycles. The van der Waals surface area contributed by atoms with Gasteiger partial charge in [0.1, 0.15) is 0 Å². The van der Waals surface area contributed by atoms with E-state index in [-0.39, 0.29) is 0 Å². The van der Waals surface area contributed by atoms with Crippen LogP contribution in [0.4, 0.5) is 0 Å². The first-order chi connectivity index (χ1) is 6.92. The Kier molecular flexibility index (Phi) is 2.06. The van der Waals surface area contributed by atoms with Crippen molar-refractivity contribution in [2.24, 2.45) is 5.92 Å². The molecule has 1 aliphatic heterocycles. The Morgan fingerprint density at radius 2 is 1.79 bits per heavy atom. The molecule has 0 unspecified atom stereocenters. The monoisotopic (exact) mass is 187 g/mol. The Morgan fingerprint density at radius 3 is 2.29 bits per heavy atom. The van der Waals surface area contributed by atoms with Crippen molar-refractivity contribution in [3.8, 4) is 0 Å². The molecule has 0 bridgehead atoms. The summed E-state index contributed by atoms with van der Waals surface area (Å²) in [7, 11) is 0. The average Bonchev–Trinajstić information content (AvgIpc) is 2.96. The summed E-state index contributed by atoms with van der Waals surface area (Å²) in [5.41, 5.74) is 3.07. The van der Waals surface area contributed by atoms with E-state index in [1.54, 1.807) is 5.56 Å². The fourth-order valence-corrected chi connectivity index (χ4v) is 2.17. The molecule has 1 nitrogen and oxygen atoms in total. The van der Waals surface area contributed by atoms with Gasteiger partial charge in [0.25, 0.3) is 0 Å². The highest BCUT2D eigenvalue weighted by Crippen LogP contribution is 2.39. The quantitative estimate of drug-likeness (QED) is 0.765. The number of nitrogens with one attached hydrogen (secondary N) is 1. The Hall–Kier alpha value is -0.820. The maximum absolute atomic E-state index is 3.32. The molecule has 1 N–H and O–H groups in total. The summed E-state index contributed by atoms with van der Waals surface area (Å²) < 4.78 is 0. The zero-order chi connectivity index (χ0) is 9.38. The van der Waals surface area contributed by atoms with Crippen molar-refractivity contribution in [3.63, 3.8) is 0 Å². The molecular weight excluding hydrogens is 170 g/mol. The van der Waals surface area contributed by atoms with Crippen molar-refractivity contribution >= 4 is 0 Å². The largest absolute Gasteiger partial charge is 0.316 e. The van der Waals surface area contributed by atoms with Gasteiger partial charge >= 0.3 is 0 Å². The van der Waals surface area contributed by atoms with E-state index in [2.05, 4.69) is 29.6 Å². The molecule has 1 heteroatoms. The van der Waals surface area contributed by atoms with Gasteiger partial charge in [-0.25, -0.2) is 0 Å². The van der Waals surface area contributed by atoms with E-state index in [4.69, 9.17) is 0 Å². The van der Waals surface area contributed by atoms with E-state index in [1.165, 1.54) is 37.9 Å². The highest BCUT2D eigenvalue weighted by Gasteiger charge is 2.23. The minimum Gasteiger partial charge on any atom is -0.316 e. The third-order valence-electron chi connectivity index (χ3n) is 3.42. The molecule has 3 rings (SSSR count). The van der Waals surface area contributed by atoms with Crippen molar-refractivity contribution in [2.45, 2.75) is 25.2 Å². The SMILES string of the molecule is c1cc(C2CC2)ccc1CC1CNC1. The first-order valence-corrected chi connectivity index (χ1v) is 5.71. The zero-order valence-corrected chi connectivity index (χ0v) is 8.50. The molecule has 0 radical (unpaired) electrons. The van der Waals surface area contributed by atoms with Crippen LogP contribution in [0.2, 0.25) is 0 Å². The van der Waals surface area contributed by atoms with Gasteiger partial charge in [-0.1, -0.05) is 24.3 Å². The molecule has 14 heavy (non-hydrogen) atoms. The molecule has 1 saturated carbocycles. The van der Waals surface area contributed by atoms with E-state index in [0.717, 1.165) is 11.8 Å². The fraction of sp³-hybridized carbons (Fsp3) is 0.538. The normalized spacial score (nSPS) is 22.0. The minimum atomic E-state index is 0.891. The topological polar surface area (TPSA) is 12.0 Å². The van der Waals surface area contributed by atoms with Crippen molar-refractivity contribution in [1.29, 1.82) is 0 Å². The van der Waals surface area contributed by atoms with Crippen LogP contribution < -0.4 is 5.32 Å².